The van der Waals surface area contributed by atoms with Crippen LogP contribution in [0.25, 0.3) is 0 Å². The maximum absolute atomic E-state index is 13.3. The lowest BCUT2D eigenvalue weighted by molar-refractivity contribution is -0.138. The van der Waals surface area contributed by atoms with Gasteiger partial charge in [-0.05, 0) is 62.7 Å². The molecule has 4 rings (SSSR count). The van der Waals surface area contributed by atoms with Crippen molar-refractivity contribution in [2.75, 3.05) is 31.4 Å². The van der Waals surface area contributed by atoms with Gasteiger partial charge in [-0.15, -0.1) is 11.3 Å². The maximum atomic E-state index is 13.3. The third kappa shape index (κ3) is 5.98. The van der Waals surface area contributed by atoms with Crippen molar-refractivity contribution in [2.24, 2.45) is 0 Å². The van der Waals surface area contributed by atoms with Crippen molar-refractivity contribution in [2.45, 2.75) is 26.7 Å². The smallest absolute Gasteiger partial charge is 0.337 e. The number of ketones is 1. The van der Waals surface area contributed by atoms with E-state index in [2.05, 4.69) is 21.2 Å². The van der Waals surface area contributed by atoms with Crippen LogP contribution in [0.5, 0.6) is 0 Å². The maximum Gasteiger partial charge on any atom is 0.337 e. The van der Waals surface area contributed by atoms with Crippen LogP contribution in [0.3, 0.4) is 0 Å². The Balaban J connectivity index is 0.00000127. The first-order valence-corrected chi connectivity index (χ1v) is 13.5. The van der Waals surface area contributed by atoms with E-state index in [-0.39, 0.29) is 19.0 Å². The van der Waals surface area contributed by atoms with E-state index in [0.29, 0.717) is 43.5 Å². The highest BCUT2D eigenvalue weighted by atomic mass is 79.9. The van der Waals surface area contributed by atoms with Crippen LogP contribution in [0, 0.1) is 0 Å². The number of nitrogens with two attached hydrogens (primary N) is 1. The monoisotopic (exact) mass is 600 g/mol. The zero-order valence-electron chi connectivity index (χ0n) is 21.5. The fourth-order valence-corrected chi connectivity index (χ4v) is 5.52. The number of nitrogen functional groups attached to an aromatic ring is 1. The van der Waals surface area contributed by atoms with Crippen molar-refractivity contribution in [3.05, 3.63) is 91.4 Å². The Kier molecular flexibility index (Phi) is 9.84. The molecule has 1 atom stereocenters. The third-order valence-electron chi connectivity index (χ3n) is 5.74. The fourth-order valence-electron chi connectivity index (χ4n) is 4.08. The first-order valence-electron chi connectivity index (χ1n) is 11.8. The highest BCUT2D eigenvalue weighted by molar-refractivity contribution is 9.10. The van der Waals surface area contributed by atoms with Crippen LogP contribution in [-0.2, 0) is 14.3 Å². The molecule has 1 aliphatic rings. The van der Waals surface area contributed by atoms with Crippen LogP contribution in [0.4, 0.5) is 10.7 Å². The molecule has 0 spiro atoms. The summed E-state index contributed by atoms with van der Waals surface area (Å²) in [4.78, 5) is 38.7. The predicted molar refractivity (Wildman–Crippen MR) is 152 cm³/mol. The van der Waals surface area contributed by atoms with Gasteiger partial charge in [-0.2, -0.15) is 0 Å². The summed E-state index contributed by atoms with van der Waals surface area (Å²) in [5.74, 6) is -1.72. The van der Waals surface area contributed by atoms with Gasteiger partial charge in [0.05, 0.1) is 35.5 Å². The van der Waals surface area contributed by atoms with E-state index in [1.807, 2.05) is 0 Å². The fraction of sp³-hybridized carbons (Fsp3) is 0.250. The first-order chi connectivity index (χ1) is 18.2. The number of hydrogen-bond acceptors (Lipinski definition) is 9. The van der Waals surface area contributed by atoms with E-state index in [0.717, 1.165) is 10.0 Å². The molecule has 0 saturated carbocycles. The minimum absolute atomic E-state index is 0.202. The number of thiophene rings is 1. The minimum Gasteiger partial charge on any atom is -0.465 e. The van der Waals surface area contributed by atoms with Crippen molar-refractivity contribution in [3.8, 4) is 0 Å². The molecule has 2 heterocycles. The van der Waals surface area contributed by atoms with Crippen LogP contribution in [0.1, 0.15) is 63.4 Å². The Morgan fingerprint density at radius 3 is 2.16 bits per heavy atom. The zero-order chi connectivity index (χ0) is 28.0. The molecule has 8 nitrogen and oxygen atoms in total. The number of anilines is 2. The van der Waals surface area contributed by atoms with Gasteiger partial charge in [0, 0.05) is 33.8 Å². The number of ether oxygens (including phenoxy) is 2. The lowest BCUT2D eigenvalue weighted by Crippen LogP contribution is -2.24. The average molecular weight is 602 g/mol. The molecule has 3 aromatic rings. The molecule has 1 aromatic heterocycles. The molecule has 200 valence electrons. The molecule has 4 N–H and O–H groups in total. The third-order valence-corrected chi connectivity index (χ3v) is 7.40. The van der Waals surface area contributed by atoms with Crippen molar-refractivity contribution in [1.82, 2.24) is 0 Å². The number of hydrogen-bond donors (Lipinski definition) is 3. The SMILES string of the molecule is CCO.CCOC(=O)C1=C(C)Nc2sc(C(=O)c3ccc(Br)cc3)c(N)c2C1c1ccc(C(=O)OC)cc1. The summed E-state index contributed by atoms with van der Waals surface area (Å²) >= 11 is 4.63. The van der Waals surface area contributed by atoms with Crippen molar-refractivity contribution in [3.63, 3.8) is 0 Å². The second-order valence-electron chi connectivity index (χ2n) is 8.17. The van der Waals surface area contributed by atoms with Gasteiger partial charge in [0.2, 0.25) is 5.78 Å². The molecule has 0 fully saturated rings. The molecule has 2 aromatic carbocycles. The topological polar surface area (TPSA) is 128 Å². The van der Waals surface area contributed by atoms with Crippen molar-refractivity contribution in [1.29, 1.82) is 0 Å². The average Bonchev–Trinajstić information content (AvgIpc) is 3.23. The van der Waals surface area contributed by atoms with E-state index in [4.69, 9.17) is 20.3 Å². The Morgan fingerprint density at radius 2 is 1.61 bits per heavy atom. The van der Waals surface area contributed by atoms with Crippen LogP contribution >= 0.6 is 27.3 Å². The number of carbonyl (C=O) groups excluding carboxylic acids is 3. The molecular weight excluding hydrogens is 572 g/mol. The Labute approximate surface area is 233 Å². The summed E-state index contributed by atoms with van der Waals surface area (Å²) in [7, 11) is 1.32. The molecular formula is C28H29BrN2O6S. The van der Waals surface area contributed by atoms with Crippen LogP contribution in [-0.4, -0.2) is 43.2 Å². The first kappa shape index (κ1) is 29.1. The van der Waals surface area contributed by atoms with Crippen molar-refractivity contribution >= 4 is 55.7 Å². The van der Waals surface area contributed by atoms with Crippen LogP contribution in [0.15, 0.2) is 64.3 Å². The van der Waals surface area contributed by atoms with Gasteiger partial charge >= 0.3 is 11.9 Å². The van der Waals surface area contributed by atoms with Crippen molar-refractivity contribution < 1.29 is 29.0 Å². The van der Waals surface area contributed by atoms with Crippen LogP contribution < -0.4 is 11.1 Å². The highest BCUT2D eigenvalue weighted by Gasteiger charge is 2.38. The van der Waals surface area contributed by atoms with Gasteiger partial charge in [-0.25, -0.2) is 9.59 Å². The van der Waals surface area contributed by atoms with E-state index >= 15 is 0 Å². The summed E-state index contributed by atoms with van der Waals surface area (Å²) in [6.45, 7) is 5.67. The Bertz CT molecular complexity index is 1360. The lowest BCUT2D eigenvalue weighted by Gasteiger charge is -2.28. The highest BCUT2D eigenvalue weighted by Crippen LogP contribution is 2.50. The molecule has 0 bridgehead atoms. The van der Waals surface area contributed by atoms with Gasteiger partial charge in [0.15, 0.2) is 0 Å². The number of allylic oxidation sites excluding steroid dienone is 1. The van der Waals surface area contributed by atoms with E-state index in [1.165, 1.54) is 18.4 Å². The second-order valence-corrected chi connectivity index (χ2v) is 10.1. The number of methoxy groups -OCH3 is 1. The lowest BCUT2D eigenvalue weighted by atomic mass is 9.81. The molecule has 10 heteroatoms. The van der Waals surface area contributed by atoms with Gasteiger partial charge in [-0.3, -0.25) is 4.79 Å². The summed E-state index contributed by atoms with van der Waals surface area (Å²) in [5, 5.41) is 11.5. The number of aliphatic hydroxyl groups is 1. The number of fused-ring (bicyclic) bond motifs is 1. The summed E-state index contributed by atoms with van der Waals surface area (Å²) < 4.78 is 11.0. The number of aliphatic hydroxyl groups excluding tert-OH is 1. The summed E-state index contributed by atoms with van der Waals surface area (Å²) in [5.41, 5.74) is 10.2. The molecule has 38 heavy (non-hydrogen) atoms. The zero-order valence-corrected chi connectivity index (χ0v) is 23.9. The Morgan fingerprint density at radius 1 is 1.03 bits per heavy atom. The number of rotatable bonds is 6. The molecule has 1 aliphatic heterocycles. The number of esters is 2. The summed E-state index contributed by atoms with van der Waals surface area (Å²) in [6.07, 6.45) is 0. The second kappa shape index (κ2) is 12.9. The Hall–Kier alpha value is -3.47. The van der Waals surface area contributed by atoms with Gasteiger partial charge in [0.1, 0.15) is 4.88 Å². The predicted octanol–water partition coefficient (Wildman–Crippen LogP) is 5.50. The van der Waals surface area contributed by atoms with E-state index < -0.39 is 17.9 Å². The number of nitrogens with one attached hydrogen (secondary N) is 1. The number of halogens is 1. The van der Waals surface area contributed by atoms with Gasteiger partial charge in [-0.1, -0.05) is 28.1 Å². The standard InChI is InChI=1S/C26H23BrN2O5S.C2H6O/c1-4-34-26(32)18-13(2)29-24-20(19(18)14-5-7-16(8-6-14)25(31)33-3)21(28)23(35-24)22(30)15-9-11-17(27)12-10-15;1-2-3/h5-12,19,29H,4,28H2,1-3H3;3H,2H2,1H3. The largest absolute Gasteiger partial charge is 0.465 e. The number of carbonyl (C=O) groups is 3. The quantitative estimate of drug-likeness (QED) is 0.250. The molecule has 1 unspecified atom stereocenters. The molecule has 0 aliphatic carbocycles. The van der Waals surface area contributed by atoms with Gasteiger partial charge in [0.25, 0.3) is 0 Å². The summed E-state index contributed by atoms with van der Waals surface area (Å²) in [6, 6.07) is 13.8. The van der Waals surface area contributed by atoms with Gasteiger partial charge < -0.3 is 25.6 Å². The van der Waals surface area contributed by atoms with E-state index in [9.17, 15) is 14.4 Å². The van der Waals surface area contributed by atoms with Crippen LogP contribution in [0.2, 0.25) is 0 Å². The van der Waals surface area contributed by atoms with E-state index in [1.54, 1.807) is 69.3 Å². The molecule has 0 amide bonds. The molecule has 0 saturated heterocycles. The number of benzene rings is 2. The normalized spacial score (nSPS) is 14.0. The minimum atomic E-state index is -0.584. The molecule has 0 radical (unpaired) electrons.